The molecule has 42 valence electrons. The molecule has 0 aliphatic heterocycles. The van der Waals surface area contributed by atoms with Crippen molar-refractivity contribution in [3.05, 3.63) is 0 Å². The van der Waals surface area contributed by atoms with E-state index < -0.39 is 27.3 Å². The first-order chi connectivity index (χ1) is 3.15. The Morgan fingerprint density at radius 2 is 1.29 bits per heavy atom. The fourth-order valence-corrected chi connectivity index (χ4v) is 0. The Hall–Kier alpha value is 0.464. The van der Waals surface area contributed by atoms with Gasteiger partial charge in [0.05, 0.1) is 0 Å². The van der Waals surface area contributed by atoms with E-state index in [2.05, 4.69) is 0 Å². The van der Waals surface area contributed by atoms with Crippen LogP contribution in [0, 0.1) is 0 Å². The van der Waals surface area contributed by atoms with E-state index in [-0.39, 0.29) is 0 Å². The number of hydrogen-bond donors (Lipinski definition) is 2. The summed E-state index contributed by atoms with van der Waals surface area (Å²) in [5.74, 6) is 0. The summed E-state index contributed by atoms with van der Waals surface area (Å²) in [6.07, 6.45) is 0. The van der Waals surface area contributed by atoms with Crippen LogP contribution < -0.4 is 0 Å². The second-order valence-electron chi connectivity index (χ2n) is 0.366. The summed E-state index contributed by atoms with van der Waals surface area (Å²) < 4.78 is 25.7. The van der Waals surface area contributed by atoms with E-state index in [9.17, 15) is 0 Å². The van der Waals surface area contributed by atoms with Crippen LogP contribution in [0.25, 0.3) is 0 Å². The normalized spacial score (nSPS) is 6.14. The van der Waals surface area contributed by atoms with Crippen molar-refractivity contribution in [1.82, 2.24) is 0 Å². The van der Waals surface area contributed by atoms with Gasteiger partial charge in [0.1, 0.15) is 0 Å². The SMILES string of the molecule is O=[PH](O)O.[O]=[Ti]=[O]. The third-order valence-corrected chi connectivity index (χ3v) is 0. The molecule has 0 amide bonds. The quantitative estimate of drug-likeness (QED) is 0.356. The number of hydrogen-bond acceptors (Lipinski definition) is 3. The Bertz CT molecular complexity index is 76.1. The molecule has 0 aromatic heterocycles. The summed E-state index contributed by atoms with van der Waals surface area (Å²) in [4.78, 5) is 14.3. The summed E-state index contributed by atoms with van der Waals surface area (Å²) >= 11 is -2.00. The van der Waals surface area contributed by atoms with Crippen molar-refractivity contribution in [1.29, 1.82) is 0 Å². The zero-order valence-corrected chi connectivity index (χ0v) is 5.68. The summed E-state index contributed by atoms with van der Waals surface area (Å²) in [7, 11) is -3.13. The second kappa shape index (κ2) is 9.68. The first kappa shape index (κ1) is 10.4. The van der Waals surface area contributed by atoms with Crippen molar-refractivity contribution in [3.63, 3.8) is 0 Å². The van der Waals surface area contributed by atoms with E-state index in [4.69, 9.17) is 21.0 Å². The molecule has 0 saturated heterocycles. The van der Waals surface area contributed by atoms with Crippen LogP contribution in [0.1, 0.15) is 0 Å². The standard InChI is InChI=1S/H3O3P.2O.Ti/c1-4(2)3;;;/h4H,(H2,1,2,3);;;. The van der Waals surface area contributed by atoms with Gasteiger partial charge in [-0.2, -0.15) is 0 Å². The van der Waals surface area contributed by atoms with Crippen LogP contribution in [0.5, 0.6) is 0 Å². The van der Waals surface area contributed by atoms with Crippen molar-refractivity contribution in [2.75, 3.05) is 0 Å². The first-order valence-corrected chi connectivity index (χ1v) is 3.64. The van der Waals surface area contributed by atoms with E-state index >= 15 is 0 Å². The molecule has 0 spiro atoms. The van der Waals surface area contributed by atoms with Crippen molar-refractivity contribution < 1.29 is 40.1 Å². The Morgan fingerprint density at radius 3 is 1.29 bits per heavy atom. The topological polar surface area (TPSA) is 91.7 Å². The molecule has 0 aromatic rings. The van der Waals surface area contributed by atoms with E-state index in [1.807, 2.05) is 0 Å². The molecule has 0 radical (unpaired) electrons. The predicted molar refractivity (Wildman–Crippen MR) is 14.8 cm³/mol. The van der Waals surface area contributed by atoms with Crippen LogP contribution >= 0.6 is 8.25 Å². The molecule has 7 heavy (non-hydrogen) atoms. The van der Waals surface area contributed by atoms with Gasteiger partial charge in [-0.25, -0.2) is 0 Å². The number of rotatable bonds is 0. The van der Waals surface area contributed by atoms with E-state index in [0.29, 0.717) is 0 Å². The van der Waals surface area contributed by atoms with Gasteiger partial charge in [0.25, 0.3) is 0 Å². The zero-order valence-electron chi connectivity index (χ0n) is 3.12. The molecule has 0 rings (SSSR count). The van der Waals surface area contributed by atoms with Gasteiger partial charge in [-0.15, -0.1) is 0 Å². The van der Waals surface area contributed by atoms with Gasteiger partial charge in [0.2, 0.25) is 0 Å². The molecule has 2 N–H and O–H groups in total. The second-order valence-corrected chi connectivity index (χ2v) is 1.19. The molecular formula is H3O5PTi. The van der Waals surface area contributed by atoms with Crippen LogP contribution in [0.3, 0.4) is 0 Å². The first-order valence-electron chi connectivity index (χ1n) is 1.06. The molecule has 0 saturated carbocycles. The van der Waals surface area contributed by atoms with Gasteiger partial charge in [-0.1, -0.05) is 0 Å². The Morgan fingerprint density at radius 1 is 1.29 bits per heavy atom. The molecule has 0 atom stereocenters. The summed E-state index contributed by atoms with van der Waals surface area (Å²) in [5, 5.41) is 0. The third kappa shape index (κ3) is 598. The fourth-order valence-electron chi connectivity index (χ4n) is 0. The van der Waals surface area contributed by atoms with E-state index in [1.54, 1.807) is 0 Å². The molecule has 0 bridgehead atoms. The Labute approximate surface area is 48.9 Å². The van der Waals surface area contributed by atoms with Crippen LogP contribution in [-0.2, 0) is 30.3 Å². The molecule has 7 heteroatoms. The van der Waals surface area contributed by atoms with Gasteiger partial charge >= 0.3 is 34.0 Å². The van der Waals surface area contributed by atoms with Crippen molar-refractivity contribution >= 4 is 8.25 Å². The Kier molecular flexibility index (Phi) is 14.5. The van der Waals surface area contributed by atoms with Crippen LogP contribution in [0.4, 0.5) is 0 Å². The molecule has 0 fully saturated rings. The maximum atomic E-state index is 8.74. The average molecular weight is 162 g/mol. The van der Waals surface area contributed by atoms with E-state index in [1.165, 1.54) is 0 Å². The summed E-state index contributed by atoms with van der Waals surface area (Å²) in [6, 6.07) is 0. The average Bonchev–Trinajstić information content (AvgIpc) is 1.33. The van der Waals surface area contributed by atoms with E-state index in [0.717, 1.165) is 0 Å². The Balaban J connectivity index is 0. The van der Waals surface area contributed by atoms with Crippen LogP contribution in [0.15, 0.2) is 0 Å². The van der Waals surface area contributed by atoms with Crippen LogP contribution in [0.2, 0.25) is 0 Å². The molecular weight excluding hydrogens is 159 g/mol. The minimum atomic E-state index is -3.13. The summed E-state index contributed by atoms with van der Waals surface area (Å²) in [6.45, 7) is 0. The van der Waals surface area contributed by atoms with Crippen LogP contribution in [-0.4, -0.2) is 9.79 Å². The monoisotopic (exact) mass is 162 g/mol. The maximum absolute atomic E-state index is 8.74. The van der Waals surface area contributed by atoms with Crippen molar-refractivity contribution in [2.24, 2.45) is 0 Å². The fraction of sp³-hybridized carbons (Fsp3) is 0. The molecule has 0 heterocycles. The van der Waals surface area contributed by atoms with Gasteiger partial charge in [-0.3, -0.25) is 4.57 Å². The van der Waals surface area contributed by atoms with Gasteiger partial charge < -0.3 is 9.79 Å². The molecule has 0 aliphatic carbocycles. The summed E-state index contributed by atoms with van der Waals surface area (Å²) in [5.41, 5.74) is 0. The zero-order chi connectivity index (χ0) is 6.28. The molecule has 0 unspecified atom stereocenters. The van der Waals surface area contributed by atoms with Gasteiger partial charge in [0, 0.05) is 0 Å². The molecule has 5 nitrogen and oxygen atoms in total. The molecule has 0 aromatic carbocycles. The molecule has 0 aliphatic rings. The van der Waals surface area contributed by atoms with Crippen molar-refractivity contribution in [3.8, 4) is 0 Å². The predicted octanol–water partition coefficient (Wildman–Crippen LogP) is -0.879. The third-order valence-electron chi connectivity index (χ3n) is 0. The van der Waals surface area contributed by atoms with Crippen molar-refractivity contribution in [2.45, 2.75) is 0 Å². The van der Waals surface area contributed by atoms with Gasteiger partial charge in [0.15, 0.2) is 0 Å². The minimum absolute atomic E-state index is 2.00. The van der Waals surface area contributed by atoms with Gasteiger partial charge in [-0.05, 0) is 0 Å².